The number of hydrogen-bond donors (Lipinski definition) is 2. The molecule has 2 heterocycles. The van der Waals surface area contributed by atoms with Crippen molar-refractivity contribution < 1.29 is 14.2 Å². The first-order valence-electron chi connectivity index (χ1n) is 9.61. The second-order valence-corrected chi connectivity index (χ2v) is 6.99. The van der Waals surface area contributed by atoms with Crippen molar-refractivity contribution in [1.29, 1.82) is 0 Å². The summed E-state index contributed by atoms with van der Waals surface area (Å²) < 4.78 is 16.9. The summed E-state index contributed by atoms with van der Waals surface area (Å²) in [6, 6.07) is 15.4. The van der Waals surface area contributed by atoms with Crippen molar-refractivity contribution in [3.05, 3.63) is 54.4 Å². The Kier molecular flexibility index (Phi) is 5.37. The van der Waals surface area contributed by atoms with Crippen molar-refractivity contribution in [2.45, 2.75) is 26.9 Å². The van der Waals surface area contributed by atoms with Gasteiger partial charge in [-0.2, -0.15) is 0 Å². The number of fused-ring (bicyclic) bond motifs is 1. The van der Waals surface area contributed by atoms with Gasteiger partial charge in [-0.25, -0.2) is 9.97 Å². The highest BCUT2D eigenvalue weighted by Crippen LogP contribution is 2.33. The normalized spacial score (nSPS) is 12.6. The molecule has 1 aliphatic rings. The summed E-state index contributed by atoms with van der Waals surface area (Å²) >= 11 is 0. The Bertz CT molecular complexity index is 990. The van der Waals surface area contributed by atoms with Crippen LogP contribution in [0.5, 0.6) is 17.2 Å². The zero-order chi connectivity index (χ0) is 20.2. The molecule has 0 fully saturated rings. The third kappa shape index (κ3) is 4.87. The number of rotatable bonds is 6. The minimum absolute atomic E-state index is 0.146. The third-order valence-corrected chi connectivity index (χ3v) is 4.15. The van der Waals surface area contributed by atoms with E-state index in [0.29, 0.717) is 30.7 Å². The number of hydrogen-bond acceptors (Lipinski definition) is 7. The predicted octanol–water partition coefficient (Wildman–Crippen LogP) is 4.83. The first-order valence-corrected chi connectivity index (χ1v) is 9.61. The number of aromatic nitrogens is 2. The van der Waals surface area contributed by atoms with Crippen molar-refractivity contribution in [1.82, 2.24) is 9.97 Å². The van der Waals surface area contributed by atoms with E-state index in [0.717, 1.165) is 28.6 Å². The zero-order valence-corrected chi connectivity index (χ0v) is 16.7. The summed E-state index contributed by atoms with van der Waals surface area (Å²) in [6.07, 6.45) is 0.146. The van der Waals surface area contributed by atoms with Crippen LogP contribution in [-0.2, 0) is 0 Å². The summed E-state index contributed by atoms with van der Waals surface area (Å²) in [5.41, 5.74) is 1.79. The molecule has 1 aromatic heterocycles. The standard InChI is InChI=1S/C22H24N4O3/c1-14(2)29-18-7-4-16(5-8-18)25-21-13-22(24-15(3)23-21)26-17-6-9-19-20(12-17)28-11-10-27-19/h4-9,12-14H,10-11H2,1-3H3,(H2,23,24,25,26). The molecule has 150 valence electrons. The van der Waals surface area contributed by atoms with Gasteiger partial charge in [0.1, 0.15) is 36.4 Å². The molecule has 1 aliphatic heterocycles. The molecular weight excluding hydrogens is 368 g/mol. The lowest BCUT2D eigenvalue weighted by Crippen LogP contribution is -2.15. The van der Waals surface area contributed by atoms with Crippen LogP contribution in [0.2, 0.25) is 0 Å². The molecule has 0 saturated carbocycles. The Morgan fingerprint density at radius 2 is 1.45 bits per heavy atom. The molecule has 0 aliphatic carbocycles. The van der Waals surface area contributed by atoms with Gasteiger partial charge in [0.05, 0.1) is 6.10 Å². The van der Waals surface area contributed by atoms with E-state index in [9.17, 15) is 0 Å². The quantitative estimate of drug-likeness (QED) is 0.622. The molecule has 0 amide bonds. The number of nitrogens with one attached hydrogen (secondary N) is 2. The van der Waals surface area contributed by atoms with Crippen molar-refractivity contribution in [3.63, 3.8) is 0 Å². The average molecular weight is 392 g/mol. The lowest BCUT2D eigenvalue weighted by Gasteiger charge is -2.19. The molecule has 0 saturated heterocycles. The van der Waals surface area contributed by atoms with E-state index in [1.807, 2.05) is 69.3 Å². The largest absolute Gasteiger partial charge is 0.491 e. The van der Waals surface area contributed by atoms with Crippen molar-refractivity contribution in [2.75, 3.05) is 23.8 Å². The van der Waals surface area contributed by atoms with E-state index in [1.54, 1.807) is 0 Å². The Labute approximate surface area is 170 Å². The van der Waals surface area contributed by atoms with Crippen LogP contribution >= 0.6 is 0 Å². The van der Waals surface area contributed by atoms with E-state index in [-0.39, 0.29) is 6.10 Å². The molecule has 3 aromatic rings. The second kappa shape index (κ2) is 8.26. The van der Waals surface area contributed by atoms with Crippen LogP contribution in [0.4, 0.5) is 23.0 Å². The van der Waals surface area contributed by atoms with Gasteiger partial charge in [-0.05, 0) is 57.2 Å². The van der Waals surface area contributed by atoms with Gasteiger partial charge < -0.3 is 24.8 Å². The Morgan fingerprint density at radius 3 is 2.14 bits per heavy atom. The maximum atomic E-state index is 5.68. The van der Waals surface area contributed by atoms with Gasteiger partial charge in [0.25, 0.3) is 0 Å². The zero-order valence-electron chi connectivity index (χ0n) is 16.7. The van der Waals surface area contributed by atoms with Crippen LogP contribution in [-0.4, -0.2) is 29.3 Å². The number of aryl methyl sites for hydroxylation is 1. The fourth-order valence-electron chi connectivity index (χ4n) is 3.00. The molecular formula is C22H24N4O3. The van der Waals surface area contributed by atoms with E-state index in [2.05, 4.69) is 20.6 Å². The number of ether oxygens (including phenoxy) is 3. The van der Waals surface area contributed by atoms with E-state index in [4.69, 9.17) is 14.2 Å². The highest BCUT2D eigenvalue weighted by atomic mass is 16.6. The summed E-state index contributed by atoms with van der Waals surface area (Å²) in [5, 5.41) is 6.62. The average Bonchev–Trinajstić information content (AvgIpc) is 2.68. The van der Waals surface area contributed by atoms with Gasteiger partial charge in [0, 0.05) is 23.5 Å². The van der Waals surface area contributed by atoms with Crippen molar-refractivity contribution in [2.24, 2.45) is 0 Å². The molecule has 2 N–H and O–H groups in total. The summed E-state index contributed by atoms with van der Waals surface area (Å²) in [6.45, 7) is 7.00. The molecule has 4 rings (SSSR count). The predicted molar refractivity (Wildman–Crippen MR) is 113 cm³/mol. The molecule has 2 aromatic carbocycles. The lowest BCUT2D eigenvalue weighted by molar-refractivity contribution is 0.171. The minimum Gasteiger partial charge on any atom is -0.491 e. The Balaban J connectivity index is 1.49. The highest BCUT2D eigenvalue weighted by molar-refractivity contribution is 5.65. The monoisotopic (exact) mass is 392 g/mol. The molecule has 0 radical (unpaired) electrons. The first-order chi connectivity index (χ1) is 14.0. The number of benzene rings is 2. The van der Waals surface area contributed by atoms with Gasteiger partial charge in [0.2, 0.25) is 0 Å². The molecule has 7 heteroatoms. The number of anilines is 4. The SMILES string of the molecule is Cc1nc(Nc2ccc(OC(C)C)cc2)cc(Nc2ccc3c(c2)OCCO3)n1. The smallest absolute Gasteiger partial charge is 0.163 e. The molecule has 7 nitrogen and oxygen atoms in total. The molecule has 0 spiro atoms. The van der Waals surface area contributed by atoms with E-state index < -0.39 is 0 Å². The highest BCUT2D eigenvalue weighted by Gasteiger charge is 2.12. The van der Waals surface area contributed by atoms with E-state index in [1.165, 1.54) is 0 Å². The van der Waals surface area contributed by atoms with Crippen LogP contribution in [0.1, 0.15) is 19.7 Å². The van der Waals surface area contributed by atoms with Crippen molar-refractivity contribution >= 4 is 23.0 Å². The fourth-order valence-corrected chi connectivity index (χ4v) is 3.00. The van der Waals surface area contributed by atoms with Crippen LogP contribution in [0.25, 0.3) is 0 Å². The van der Waals surface area contributed by atoms with Gasteiger partial charge in [-0.3, -0.25) is 0 Å². The maximum absolute atomic E-state index is 5.68. The topological polar surface area (TPSA) is 77.5 Å². The lowest BCUT2D eigenvalue weighted by atomic mass is 10.2. The van der Waals surface area contributed by atoms with Gasteiger partial charge in [-0.15, -0.1) is 0 Å². The van der Waals surface area contributed by atoms with Crippen LogP contribution in [0, 0.1) is 6.92 Å². The maximum Gasteiger partial charge on any atom is 0.163 e. The third-order valence-electron chi connectivity index (χ3n) is 4.15. The van der Waals surface area contributed by atoms with Gasteiger partial charge >= 0.3 is 0 Å². The summed E-state index contributed by atoms with van der Waals surface area (Å²) in [5.74, 6) is 4.38. The van der Waals surface area contributed by atoms with Crippen LogP contribution < -0.4 is 24.8 Å². The Morgan fingerprint density at radius 1 is 0.828 bits per heavy atom. The second-order valence-electron chi connectivity index (χ2n) is 6.99. The van der Waals surface area contributed by atoms with E-state index >= 15 is 0 Å². The van der Waals surface area contributed by atoms with Gasteiger partial charge in [-0.1, -0.05) is 0 Å². The molecule has 0 bridgehead atoms. The first kappa shape index (κ1) is 18.9. The number of nitrogens with zero attached hydrogens (tertiary/aromatic N) is 2. The van der Waals surface area contributed by atoms with Crippen LogP contribution in [0.3, 0.4) is 0 Å². The summed E-state index contributed by atoms with van der Waals surface area (Å²) in [4.78, 5) is 8.95. The van der Waals surface area contributed by atoms with Crippen molar-refractivity contribution in [3.8, 4) is 17.2 Å². The fraction of sp³-hybridized carbons (Fsp3) is 0.273. The molecule has 0 atom stereocenters. The minimum atomic E-state index is 0.146. The molecule has 29 heavy (non-hydrogen) atoms. The van der Waals surface area contributed by atoms with Crippen LogP contribution in [0.15, 0.2) is 48.5 Å². The van der Waals surface area contributed by atoms with Gasteiger partial charge in [0.15, 0.2) is 11.5 Å². The Hall–Kier alpha value is -3.48. The summed E-state index contributed by atoms with van der Waals surface area (Å²) in [7, 11) is 0. The molecule has 0 unspecified atom stereocenters.